The Balaban J connectivity index is 1.69. The maximum atomic E-state index is 12.3. The summed E-state index contributed by atoms with van der Waals surface area (Å²) >= 11 is 1.33. The van der Waals surface area contributed by atoms with Crippen molar-refractivity contribution in [2.24, 2.45) is 0 Å². The smallest absolute Gasteiger partial charge is 0.277 e. The normalized spacial score (nSPS) is 15.9. The Morgan fingerprint density at radius 2 is 1.96 bits per heavy atom. The fourth-order valence-electron chi connectivity index (χ4n) is 2.64. The summed E-state index contributed by atoms with van der Waals surface area (Å²) in [5.41, 5.74) is 3.33. The molecule has 0 saturated carbocycles. The van der Waals surface area contributed by atoms with Crippen LogP contribution in [0.15, 0.2) is 27.8 Å². The minimum absolute atomic E-state index is 0.151. The molecule has 0 radical (unpaired) electrons. The molecule has 1 aliphatic heterocycles. The highest BCUT2D eigenvalue weighted by molar-refractivity contribution is 8.00. The van der Waals surface area contributed by atoms with Crippen LogP contribution < -0.4 is 0 Å². The maximum Gasteiger partial charge on any atom is 0.277 e. The predicted octanol–water partition coefficient (Wildman–Crippen LogP) is 3.46. The van der Waals surface area contributed by atoms with Gasteiger partial charge < -0.3 is 9.32 Å². The minimum Gasteiger partial charge on any atom is -0.411 e. The van der Waals surface area contributed by atoms with Crippen molar-refractivity contribution in [1.29, 1.82) is 0 Å². The van der Waals surface area contributed by atoms with Crippen molar-refractivity contribution >= 4 is 17.7 Å². The van der Waals surface area contributed by atoms with Crippen molar-refractivity contribution in [2.75, 3.05) is 13.1 Å². The van der Waals surface area contributed by atoms with Gasteiger partial charge in [0.15, 0.2) is 0 Å². The van der Waals surface area contributed by atoms with Gasteiger partial charge in [0.05, 0.1) is 5.25 Å². The Morgan fingerprint density at radius 3 is 2.65 bits per heavy atom. The van der Waals surface area contributed by atoms with Gasteiger partial charge in [-0.15, -0.1) is 10.2 Å². The number of hydrogen-bond donors (Lipinski definition) is 0. The van der Waals surface area contributed by atoms with Gasteiger partial charge in [0.2, 0.25) is 11.8 Å². The molecule has 1 saturated heterocycles. The van der Waals surface area contributed by atoms with Gasteiger partial charge >= 0.3 is 0 Å². The van der Waals surface area contributed by atoms with E-state index in [1.807, 2.05) is 30.0 Å². The van der Waals surface area contributed by atoms with Crippen LogP contribution in [0.1, 0.15) is 30.9 Å². The molecule has 122 valence electrons. The summed E-state index contributed by atoms with van der Waals surface area (Å²) in [4.78, 5) is 14.2. The average molecular weight is 331 g/mol. The van der Waals surface area contributed by atoms with Crippen LogP contribution in [-0.4, -0.2) is 39.3 Å². The molecule has 0 aliphatic carbocycles. The molecule has 1 atom stereocenters. The maximum absolute atomic E-state index is 12.3. The van der Waals surface area contributed by atoms with Crippen LogP contribution in [0.5, 0.6) is 0 Å². The number of aryl methyl sites for hydroxylation is 2. The molecule has 23 heavy (non-hydrogen) atoms. The lowest BCUT2D eigenvalue weighted by molar-refractivity contribution is -0.129. The van der Waals surface area contributed by atoms with Gasteiger partial charge in [-0.25, -0.2) is 0 Å². The van der Waals surface area contributed by atoms with Crippen molar-refractivity contribution in [2.45, 2.75) is 44.1 Å². The van der Waals surface area contributed by atoms with Crippen molar-refractivity contribution in [1.82, 2.24) is 15.1 Å². The molecule has 0 bridgehead atoms. The number of thioether (sulfide) groups is 1. The zero-order valence-corrected chi connectivity index (χ0v) is 14.5. The summed E-state index contributed by atoms with van der Waals surface area (Å²) in [7, 11) is 0. The number of hydrogen-bond acceptors (Lipinski definition) is 5. The zero-order valence-electron chi connectivity index (χ0n) is 13.7. The van der Waals surface area contributed by atoms with E-state index in [2.05, 4.69) is 24.0 Å². The number of carbonyl (C=O) groups excluding carboxylic acids is 1. The fraction of sp³-hybridized carbons (Fsp3) is 0.471. The minimum atomic E-state index is -0.207. The van der Waals surface area contributed by atoms with Gasteiger partial charge in [0.25, 0.3) is 5.22 Å². The predicted molar refractivity (Wildman–Crippen MR) is 90.3 cm³/mol. The summed E-state index contributed by atoms with van der Waals surface area (Å²) in [6.07, 6.45) is 2.20. The third-order valence-electron chi connectivity index (χ3n) is 4.20. The second-order valence-electron chi connectivity index (χ2n) is 5.96. The highest BCUT2D eigenvalue weighted by atomic mass is 32.2. The van der Waals surface area contributed by atoms with Gasteiger partial charge in [0, 0.05) is 18.7 Å². The molecule has 1 aromatic carbocycles. The van der Waals surface area contributed by atoms with E-state index in [1.54, 1.807) is 0 Å². The highest BCUT2D eigenvalue weighted by Crippen LogP contribution is 2.28. The van der Waals surface area contributed by atoms with Gasteiger partial charge in [-0.1, -0.05) is 17.8 Å². The molecule has 6 heteroatoms. The number of likely N-dealkylation sites (tertiary alicyclic amines) is 1. The van der Waals surface area contributed by atoms with Crippen molar-refractivity contribution in [3.63, 3.8) is 0 Å². The van der Waals surface area contributed by atoms with E-state index in [4.69, 9.17) is 4.42 Å². The van der Waals surface area contributed by atoms with Crippen molar-refractivity contribution in [3.05, 3.63) is 29.3 Å². The number of aromatic nitrogens is 2. The van der Waals surface area contributed by atoms with E-state index in [0.717, 1.165) is 31.5 Å². The first-order valence-corrected chi connectivity index (χ1v) is 8.79. The van der Waals surface area contributed by atoms with Crippen LogP contribution >= 0.6 is 11.8 Å². The monoisotopic (exact) mass is 331 g/mol. The molecule has 1 aromatic heterocycles. The highest BCUT2D eigenvalue weighted by Gasteiger charge is 2.25. The Morgan fingerprint density at radius 1 is 1.22 bits per heavy atom. The first-order chi connectivity index (χ1) is 11.0. The van der Waals surface area contributed by atoms with E-state index < -0.39 is 0 Å². The summed E-state index contributed by atoms with van der Waals surface area (Å²) in [5.74, 6) is 0.648. The number of carbonyl (C=O) groups is 1. The first kappa shape index (κ1) is 16.1. The number of benzene rings is 1. The molecule has 1 fully saturated rings. The molecular formula is C17H21N3O2S. The van der Waals surface area contributed by atoms with E-state index in [1.165, 1.54) is 22.9 Å². The van der Waals surface area contributed by atoms with Crippen LogP contribution in [-0.2, 0) is 4.79 Å². The second-order valence-corrected chi connectivity index (χ2v) is 7.26. The lowest BCUT2D eigenvalue weighted by Crippen LogP contribution is -2.34. The Bertz CT molecular complexity index is 708. The van der Waals surface area contributed by atoms with Gasteiger partial charge in [-0.3, -0.25) is 4.79 Å². The van der Waals surface area contributed by atoms with E-state index in [9.17, 15) is 4.79 Å². The van der Waals surface area contributed by atoms with Crippen LogP contribution in [0.25, 0.3) is 11.5 Å². The molecule has 1 amide bonds. The van der Waals surface area contributed by atoms with Crippen molar-refractivity contribution in [3.8, 4) is 11.5 Å². The summed E-state index contributed by atoms with van der Waals surface area (Å²) < 4.78 is 5.72. The van der Waals surface area contributed by atoms with Crippen LogP contribution in [0.3, 0.4) is 0 Å². The summed E-state index contributed by atoms with van der Waals surface area (Å²) in [5, 5.41) is 8.41. The molecule has 2 heterocycles. The Kier molecular flexibility index (Phi) is 4.71. The van der Waals surface area contributed by atoms with Gasteiger partial charge in [-0.05, 0) is 56.9 Å². The van der Waals surface area contributed by atoms with E-state index >= 15 is 0 Å². The van der Waals surface area contributed by atoms with Gasteiger partial charge in [0.1, 0.15) is 0 Å². The van der Waals surface area contributed by atoms with Crippen molar-refractivity contribution < 1.29 is 9.21 Å². The summed E-state index contributed by atoms with van der Waals surface area (Å²) in [6, 6.07) is 6.06. The SMILES string of the molecule is Cc1ccc(-c2nnc(S[C@H](C)C(=O)N3CCCC3)o2)cc1C. The average Bonchev–Trinajstić information content (AvgIpc) is 3.20. The van der Waals surface area contributed by atoms with Gasteiger partial charge in [-0.2, -0.15) is 0 Å². The van der Waals surface area contributed by atoms with Crippen LogP contribution in [0.4, 0.5) is 0 Å². The fourth-order valence-corrected chi connectivity index (χ4v) is 3.41. The quantitative estimate of drug-likeness (QED) is 0.803. The standard InChI is InChI=1S/C17H21N3O2S/c1-11-6-7-14(10-12(11)2)15-18-19-17(22-15)23-13(3)16(21)20-8-4-5-9-20/h6-7,10,13H,4-5,8-9H2,1-3H3/t13-/m1/s1. The van der Waals surface area contributed by atoms with E-state index in [0.29, 0.717) is 11.1 Å². The topological polar surface area (TPSA) is 59.2 Å². The Hall–Kier alpha value is -1.82. The third-order valence-corrected chi connectivity index (χ3v) is 5.13. The van der Waals surface area contributed by atoms with E-state index in [-0.39, 0.29) is 11.2 Å². The molecule has 0 unspecified atom stereocenters. The number of rotatable bonds is 4. The second kappa shape index (κ2) is 6.74. The molecule has 1 aliphatic rings. The number of nitrogens with zero attached hydrogens (tertiary/aromatic N) is 3. The molecule has 0 N–H and O–H groups in total. The Labute approximate surface area is 140 Å². The largest absolute Gasteiger partial charge is 0.411 e. The lowest BCUT2D eigenvalue weighted by Gasteiger charge is -2.18. The zero-order chi connectivity index (χ0) is 16.4. The summed E-state index contributed by atoms with van der Waals surface area (Å²) in [6.45, 7) is 7.75. The molecule has 3 rings (SSSR count). The molecule has 2 aromatic rings. The lowest BCUT2D eigenvalue weighted by atomic mass is 10.1. The number of amides is 1. The molecular weight excluding hydrogens is 310 g/mol. The first-order valence-electron chi connectivity index (χ1n) is 7.91. The molecule has 0 spiro atoms. The third kappa shape index (κ3) is 3.58. The van der Waals surface area contributed by atoms with Crippen LogP contribution in [0.2, 0.25) is 0 Å². The molecule has 5 nitrogen and oxygen atoms in total. The van der Waals surface area contributed by atoms with Crippen LogP contribution in [0, 0.1) is 13.8 Å².